The highest BCUT2D eigenvalue weighted by Gasteiger charge is 2.24. The molecule has 0 radical (unpaired) electrons. The predicted octanol–water partition coefficient (Wildman–Crippen LogP) is 3.26. The number of benzene rings is 2. The molecule has 0 bridgehead atoms. The molecule has 2 aromatic carbocycles. The van der Waals surface area contributed by atoms with Crippen molar-refractivity contribution in [3.63, 3.8) is 0 Å². The van der Waals surface area contributed by atoms with Crippen molar-refractivity contribution in [2.75, 3.05) is 13.2 Å². The second-order valence-corrected chi connectivity index (χ2v) is 5.84. The Morgan fingerprint density at radius 2 is 1.73 bits per heavy atom. The van der Waals surface area contributed by atoms with E-state index in [4.69, 9.17) is 9.47 Å². The van der Waals surface area contributed by atoms with Crippen LogP contribution < -0.4 is 10.1 Å². The minimum absolute atomic E-state index is 0.0466. The maximum absolute atomic E-state index is 12.6. The smallest absolute Gasteiger partial charge is 0.352 e. The van der Waals surface area contributed by atoms with Crippen LogP contribution in [0, 0.1) is 6.92 Å². The molecule has 1 unspecified atom stereocenters. The Morgan fingerprint density at radius 3 is 2.31 bits per heavy atom. The van der Waals surface area contributed by atoms with Crippen LogP contribution in [0.15, 0.2) is 48.5 Å². The van der Waals surface area contributed by atoms with Crippen molar-refractivity contribution in [3.8, 4) is 5.75 Å². The summed E-state index contributed by atoms with van der Waals surface area (Å²) in [6.45, 7) is 3.05. The molecule has 6 heteroatoms. The molecule has 0 fully saturated rings. The van der Waals surface area contributed by atoms with E-state index in [-0.39, 0.29) is 19.1 Å². The third kappa shape index (κ3) is 5.88. The zero-order valence-electron chi connectivity index (χ0n) is 14.8. The van der Waals surface area contributed by atoms with E-state index in [1.165, 1.54) is 6.92 Å². The largest absolute Gasteiger partial charge is 0.474 e. The van der Waals surface area contributed by atoms with Crippen molar-refractivity contribution in [3.05, 3.63) is 65.2 Å². The molecule has 5 nitrogen and oxygen atoms in total. The van der Waals surface area contributed by atoms with Gasteiger partial charge in [0.15, 0.2) is 0 Å². The van der Waals surface area contributed by atoms with E-state index in [2.05, 4.69) is 5.32 Å². The zero-order chi connectivity index (χ0) is 18.9. The second kappa shape index (κ2) is 9.56. The van der Waals surface area contributed by atoms with Crippen molar-refractivity contribution in [2.24, 2.45) is 0 Å². The summed E-state index contributed by atoms with van der Waals surface area (Å²) in [5, 5.41) is 2.56. The first-order valence-corrected chi connectivity index (χ1v) is 8.29. The molecule has 1 atom stereocenters. The van der Waals surface area contributed by atoms with Crippen LogP contribution in [0.1, 0.15) is 29.7 Å². The highest BCUT2D eigenvalue weighted by molar-refractivity contribution is 5.77. The van der Waals surface area contributed by atoms with E-state index >= 15 is 0 Å². The van der Waals surface area contributed by atoms with Crippen molar-refractivity contribution >= 4 is 11.9 Å². The maximum Gasteiger partial charge on any atom is 0.352 e. The van der Waals surface area contributed by atoms with Crippen LogP contribution in [0.2, 0.25) is 0 Å². The van der Waals surface area contributed by atoms with Crippen LogP contribution in [-0.4, -0.2) is 25.0 Å². The second-order valence-electron chi connectivity index (χ2n) is 5.84. The third-order valence-corrected chi connectivity index (χ3v) is 3.65. The average molecular weight is 359 g/mol. The third-order valence-electron chi connectivity index (χ3n) is 3.65. The summed E-state index contributed by atoms with van der Waals surface area (Å²) in [7, 11) is 0. The Labute approximate surface area is 152 Å². The molecule has 0 aromatic heterocycles. The molecule has 0 spiro atoms. The molecule has 0 aliphatic rings. The molecule has 0 aliphatic heterocycles. The van der Waals surface area contributed by atoms with Gasteiger partial charge in [-0.25, -0.2) is 9.18 Å². The zero-order valence-corrected chi connectivity index (χ0v) is 14.8. The lowest BCUT2D eigenvalue weighted by molar-refractivity contribution is -0.152. The van der Waals surface area contributed by atoms with Gasteiger partial charge in [0.2, 0.25) is 12.0 Å². The summed E-state index contributed by atoms with van der Waals surface area (Å²) < 4.78 is 23.6. The topological polar surface area (TPSA) is 64.6 Å². The first-order chi connectivity index (χ1) is 12.5. The van der Waals surface area contributed by atoms with Crippen LogP contribution in [-0.2, 0) is 21.0 Å². The van der Waals surface area contributed by atoms with Crippen LogP contribution >= 0.6 is 0 Å². The Morgan fingerprint density at radius 1 is 1.08 bits per heavy atom. The Bertz CT molecular complexity index is 728. The number of nitrogens with one attached hydrogen (secondary N) is 1. The van der Waals surface area contributed by atoms with Crippen molar-refractivity contribution < 1.29 is 23.5 Å². The van der Waals surface area contributed by atoms with E-state index in [0.29, 0.717) is 16.9 Å². The number of hydrogen-bond acceptors (Lipinski definition) is 4. The van der Waals surface area contributed by atoms with Gasteiger partial charge in [0.25, 0.3) is 0 Å². The molecular formula is C20H22FNO4. The monoisotopic (exact) mass is 359 g/mol. The number of ether oxygens (including phenoxy) is 2. The molecule has 138 valence electrons. The van der Waals surface area contributed by atoms with Gasteiger partial charge in [0.1, 0.15) is 19.0 Å². The predicted molar refractivity (Wildman–Crippen MR) is 95.4 cm³/mol. The van der Waals surface area contributed by atoms with Gasteiger partial charge in [-0.05, 0) is 24.6 Å². The van der Waals surface area contributed by atoms with Gasteiger partial charge in [-0.2, -0.15) is 0 Å². The van der Waals surface area contributed by atoms with Gasteiger partial charge in [-0.1, -0.05) is 42.0 Å². The summed E-state index contributed by atoms with van der Waals surface area (Å²) in [6, 6.07) is 13.8. The fourth-order valence-corrected chi connectivity index (χ4v) is 2.24. The molecule has 2 aromatic rings. The van der Waals surface area contributed by atoms with Gasteiger partial charge >= 0.3 is 5.97 Å². The standard InChI is InChI=1S/C20H22FNO4/c1-14-3-7-17(8-4-14)19(20(24)25-12-11-22-15(2)23)26-18-9-5-16(13-21)6-10-18/h3-10,19H,11-13H2,1-2H3,(H,22,23). The average Bonchev–Trinajstić information content (AvgIpc) is 2.64. The molecular weight excluding hydrogens is 337 g/mol. The van der Waals surface area contributed by atoms with Crippen LogP contribution in [0.4, 0.5) is 4.39 Å². The number of carbonyl (C=O) groups excluding carboxylic acids is 2. The molecule has 1 amide bonds. The van der Waals surface area contributed by atoms with Gasteiger partial charge in [-0.15, -0.1) is 0 Å². The number of halogens is 1. The van der Waals surface area contributed by atoms with Crippen molar-refractivity contribution in [1.82, 2.24) is 5.32 Å². The van der Waals surface area contributed by atoms with Gasteiger partial charge in [-0.3, -0.25) is 4.79 Å². The molecule has 0 aliphatic carbocycles. The number of rotatable bonds is 8. The van der Waals surface area contributed by atoms with Crippen molar-refractivity contribution in [2.45, 2.75) is 26.6 Å². The highest BCUT2D eigenvalue weighted by atomic mass is 19.1. The molecule has 0 saturated heterocycles. The van der Waals surface area contributed by atoms with E-state index in [1.807, 2.05) is 19.1 Å². The number of esters is 1. The van der Waals surface area contributed by atoms with Crippen LogP contribution in [0.5, 0.6) is 5.75 Å². The summed E-state index contributed by atoms with van der Waals surface area (Å²) >= 11 is 0. The quantitative estimate of drug-likeness (QED) is 0.580. The van der Waals surface area contributed by atoms with Crippen LogP contribution in [0.25, 0.3) is 0 Å². The van der Waals surface area contributed by atoms with E-state index in [1.54, 1.807) is 36.4 Å². The first-order valence-electron chi connectivity index (χ1n) is 8.29. The molecule has 0 saturated carbocycles. The molecule has 26 heavy (non-hydrogen) atoms. The molecule has 0 heterocycles. The van der Waals surface area contributed by atoms with Gasteiger partial charge < -0.3 is 14.8 Å². The van der Waals surface area contributed by atoms with Crippen molar-refractivity contribution in [1.29, 1.82) is 0 Å². The number of carbonyl (C=O) groups is 2. The number of aryl methyl sites for hydroxylation is 1. The summed E-state index contributed by atoms with van der Waals surface area (Å²) in [4.78, 5) is 23.3. The SMILES string of the molecule is CC(=O)NCCOC(=O)C(Oc1ccc(CF)cc1)c1ccc(C)cc1. The lowest BCUT2D eigenvalue weighted by atomic mass is 10.1. The summed E-state index contributed by atoms with van der Waals surface area (Å²) in [6.07, 6.45) is -0.954. The molecule has 2 rings (SSSR count). The normalized spacial score (nSPS) is 11.5. The maximum atomic E-state index is 12.6. The van der Waals surface area contributed by atoms with E-state index in [0.717, 1.165) is 5.56 Å². The number of alkyl halides is 1. The minimum atomic E-state index is -0.954. The number of amides is 1. The lowest BCUT2D eigenvalue weighted by Gasteiger charge is -2.19. The van der Waals surface area contributed by atoms with E-state index < -0.39 is 18.7 Å². The van der Waals surface area contributed by atoms with Gasteiger partial charge in [0, 0.05) is 12.5 Å². The van der Waals surface area contributed by atoms with Gasteiger partial charge in [0.05, 0.1) is 6.54 Å². The summed E-state index contributed by atoms with van der Waals surface area (Å²) in [5.74, 6) is -0.319. The Hall–Kier alpha value is -2.89. The fraction of sp³-hybridized carbons (Fsp3) is 0.300. The van der Waals surface area contributed by atoms with E-state index in [9.17, 15) is 14.0 Å². The summed E-state index contributed by atoms with van der Waals surface area (Å²) in [5.41, 5.74) is 2.23. The van der Waals surface area contributed by atoms with Crippen LogP contribution in [0.3, 0.4) is 0 Å². The minimum Gasteiger partial charge on any atom is -0.474 e. The Balaban J connectivity index is 2.11. The highest BCUT2D eigenvalue weighted by Crippen LogP contribution is 2.24. The first kappa shape index (κ1) is 19.4. The Kier molecular flexibility index (Phi) is 7.14. The number of hydrogen-bond donors (Lipinski definition) is 1. The fourth-order valence-electron chi connectivity index (χ4n) is 2.24. The molecule has 1 N–H and O–H groups in total. The lowest BCUT2D eigenvalue weighted by Crippen LogP contribution is -2.28.